The Morgan fingerprint density at radius 2 is 2.53 bits per heavy atom. The minimum absolute atomic E-state index is 0.281. The van der Waals surface area contributed by atoms with Crippen molar-refractivity contribution in [3.05, 3.63) is 24.2 Å². The van der Waals surface area contributed by atoms with Gasteiger partial charge in [-0.1, -0.05) is 13.3 Å². The van der Waals surface area contributed by atoms with Crippen LogP contribution in [0, 0.1) is 5.41 Å². The summed E-state index contributed by atoms with van der Waals surface area (Å²) in [6.45, 7) is 4.16. The predicted molar refractivity (Wildman–Crippen MR) is 60.3 cm³/mol. The third-order valence-electron chi connectivity index (χ3n) is 3.60. The van der Waals surface area contributed by atoms with Crippen LogP contribution in [0.2, 0.25) is 0 Å². The van der Waals surface area contributed by atoms with Crippen LogP contribution in [0.3, 0.4) is 0 Å². The summed E-state index contributed by atoms with van der Waals surface area (Å²) in [5, 5.41) is 3.46. The van der Waals surface area contributed by atoms with Crippen molar-refractivity contribution in [1.29, 1.82) is 0 Å². The summed E-state index contributed by atoms with van der Waals surface area (Å²) in [4.78, 5) is 0. The second kappa shape index (κ2) is 4.37. The quantitative estimate of drug-likeness (QED) is 0.794. The van der Waals surface area contributed by atoms with E-state index in [9.17, 15) is 0 Å². The molecule has 1 aromatic heterocycles. The van der Waals surface area contributed by atoms with E-state index in [1.807, 2.05) is 6.07 Å². The molecule has 0 spiro atoms. The van der Waals surface area contributed by atoms with E-state index >= 15 is 0 Å². The Hall–Kier alpha value is -0.800. The number of rotatable bonds is 4. The summed E-state index contributed by atoms with van der Waals surface area (Å²) in [5.41, 5.74) is 7.59. The lowest BCUT2D eigenvalue weighted by Gasteiger charge is -2.29. The van der Waals surface area contributed by atoms with Crippen molar-refractivity contribution in [3.8, 4) is 0 Å². The van der Waals surface area contributed by atoms with Gasteiger partial charge in [0.1, 0.15) is 0 Å². The summed E-state index contributed by atoms with van der Waals surface area (Å²) in [6, 6.07) is 2.35. The molecular weight excluding hydrogens is 188 g/mol. The fourth-order valence-electron chi connectivity index (χ4n) is 2.36. The van der Waals surface area contributed by atoms with Gasteiger partial charge in [-0.25, -0.2) is 0 Å². The highest BCUT2D eigenvalue weighted by Crippen LogP contribution is 2.35. The average molecular weight is 208 g/mol. The van der Waals surface area contributed by atoms with Gasteiger partial charge in [-0.3, -0.25) is 0 Å². The van der Waals surface area contributed by atoms with Crippen molar-refractivity contribution in [2.24, 2.45) is 11.1 Å². The van der Waals surface area contributed by atoms with E-state index in [1.54, 1.807) is 12.5 Å². The van der Waals surface area contributed by atoms with Crippen LogP contribution in [-0.4, -0.2) is 12.6 Å². The minimum Gasteiger partial charge on any atom is -0.472 e. The van der Waals surface area contributed by atoms with Crippen LogP contribution in [0.5, 0.6) is 0 Å². The van der Waals surface area contributed by atoms with Gasteiger partial charge in [-0.05, 0) is 24.3 Å². The molecule has 0 bridgehead atoms. The van der Waals surface area contributed by atoms with E-state index in [1.165, 1.54) is 24.8 Å². The SMILES string of the molecule is CC1(CNCc2ccoc2)CCCC1N. The van der Waals surface area contributed by atoms with Crippen LogP contribution < -0.4 is 11.1 Å². The average Bonchev–Trinajstić information content (AvgIpc) is 2.79. The lowest BCUT2D eigenvalue weighted by molar-refractivity contribution is 0.277. The number of hydrogen-bond donors (Lipinski definition) is 2. The van der Waals surface area contributed by atoms with Crippen LogP contribution in [0.15, 0.2) is 23.0 Å². The van der Waals surface area contributed by atoms with Gasteiger partial charge in [-0.15, -0.1) is 0 Å². The maximum Gasteiger partial charge on any atom is 0.0947 e. The molecule has 2 rings (SSSR count). The van der Waals surface area contributed by atoms with Crippen LogP contribution >= 0.6 is 0 Å². The van der Waals surface area contributed by atoms with E-state index in [-0.39, 0.29) is 5.41 Å². The fraction of sp³-hybridized carbons (Fsp3) is 0.667. The Morgan fingerprint density at radius 3 is 3.13 bits per heavy atom. The number of nitrogens with one attached hydrogen (secondary N) is 1. The number of hydrogen-bond acceptors (Lipinski definition) is 3. The highest BCUT2D eigenvalue weighted by atomic mass is 16.3. The summed E-state index contributed by atoms with van der Waals surface area (Å²) in [6.07, 6.45) is 7.17. The molecule has 0 radical (unpaired) electrons. The zero-order chi connectivity index (χ0) is 10.7. The first-order valence-corrected chi connectivity index (χ1v) is 5.68. The summed E-state index contributed by atoms with van der Waals surface area (Å²) in [7, 11) is 0. The molecule has 1 aliphatic rings. The Kier molecular flexibility index (Phi) is 3.12. The molecule has 0 saturated heterocycles. The van der Waals surface area contributed by atoms with Crippen molar-refractivity contribution in [2.45, 2.75) is 38.8 Å². The lowest BCUT2D eigenvalue weighted by atomic mass is 9.85. The molecular formula is C12H20N2O. The van der Waals surface area contributed by atoms with Crippen molar-refractivity contribution < 1.29 is 4.42 Å². The minimum atomic E-state index is 0.281. The summed E-state index contributed by atoms with van der Waals surface area (Å²) in [5.74, 6) is 0. The summed E-state index contributed by atoms with van der Waals surface area (Å²) < 4.78 is 5.02. The van der Waals surface area contributed by atoms with Gasteiger partial charge in [-0.2, -0.15) is 0 Å². The van der Waals surface area contributed by atoms with E-state index in [4.69, 9.17) is 10.2 Å². The Balaban J connectivity index is 1.78. The largest absolute Gasteiger partial charge is 0.472 e. The van der Waals surface area contributed by atoms with Crippen molar-refractivity contribution in [2.75, 3.05) is 6.54 Å². The first kappa shape index (κ1) is 10.7. The summed E-state index contributed by atoms with van der Waals surface area (Å²) >= 11 is 0. The van der Waals surface area contributed by atoms with E-state index in [0.29, 0.717) is 6.04 Å². The smallest absolute Gasteiger partial charge is 0.0947 e. The Labute approximate surface area is 91.0 Å². The standard InChI is InChI=1S/C12H20N2O/c1-12(5-2-3-11(12)13)9-14-7-10-4-6-15-8-10/h4,6,8,11,14H,2-3,5,7,9,13H2,1H3. The van der Waals surface area contributed by atoms with Crippen LogP contribution in [-0.2, 0) is 6.54 Å². The van der Waals surface area contributed by atoms with Crippen molar-refractivity contribution >= 4 is 0 Å². The Bertz CT molecular complexity index is 297. The molecule has 0 aromatic carbocycles. The highest BCUT2D eigenvalue weighted by molar-refractivity contribution is 5.05. The molecule has 1 aliphatic carbocycles. The van der Waals surface area contributed by atoms with Crippen LogP contribution in [0.1, 0.15) is 31.7 Å². The third-order valence-corrected chi connectivity index (χ3v) is 3.60. The lowest BCUT2D eigenvalue weighted by Crippen LogP contribution is -2.42. The van der Waals surface area contributed by atoms with E-state index in [0.717, 1.165) is 13.1 Å². The van der Waals surface area contributed by atoms with Crippen molar-refractivity contribution in [1.82, 2.24) is 5.32 Å². The molecule has 0 amide bonds. The molecule has 15 heavy (non-hydrogen) atoms. The fourth-order valence-corrected chi connectivity index (χ4v) is 2.36. The van der Waals surface area contributed by atoms with Crippen molar-refractivity contribution in [3.63, 3.8) is 0 Å². The molecule has 1 fully saturated rings. The maximum absolute atomic E-state index is 6.11. The second-order valence-electron chi connectivity index (χ2n) is 4.89. The second-order valence-corrected chi connectivity index (χ2v) is 4.89. The molecule has 3 heteroatoms. The molecule has 1 saturated carbocycles. The molecule has 0 aliphatic heterocycles. The highest BCUT2D eigenvalue weighted by Gasteiger charge is 2.35. The molecule has 1 aromatic rings. The molecule has 2 unspecified atom stereocenters. The topological polar surface area (TPSA) is 51.2 Å². The zero-order valence-electron chi connectivity index (χ0n) is 9.33. The molecule has 3 N–H and O–H groups in total. The molecule has 84 valence electrons. The van der Waals surface area contributed by atoms with Gasteiger partial charge in [0.15, 0.2) is 0 Å². The zero-order valence-corrected chi connectivity index (χ0v) is 9.33. The van der Waals surface area contributed by atoms with Gasteiger partial charge in [0.05, 0.1) is 12.5 Å². The first-order valence-electron chi connectivity index (χ1n) is 5.68. The number of furan rings is 1. The van der Waals surface area contributed by atoms with Crippen LogP contribution in [0.25, 0.3) is 0 Å². The van der Waals surface area contributed by atoms with Gasteiger partial charge < -0.3 is 15.5 Å². The third kappa shape index (κ3) is 2.41. The maximum atomic E-state index is 6.11. The molecule has 2 atom stereocenters. The Morgan fingerprint density at radius 1 is 1.67 bits per heavy atom. The van der Waals surface area contributed by atoms with Gasteiger partial charge >= 0.3 is 0 Å². The van der Waals surface area contributed by atoms with E-state index < -0.39 is 0 Å². The monoisotopic (exact) mass is 208 g/mol. The first-order chi connectivity index (χ1) is 7.21. The van der Waals surface area contributed by atoms with Gasteiger partial charge in [0.2, 0.25) is 0 Å². The normalized spacial score (nSPS) is 30.9. The molecule has 3 nitrogen and oxygen atoms in total. The van der Waals surface area contributed by atoms with E-state index in [2.05, 4.69) is 12.2 Å². The predicted octanol–water partition coefficient (Wildman–Crippen LogP) is 1.89. The van der Waals surface area contributed by atoms with Gasteiger partial charge in [0.25, 0.3) is 0 Å². The van der Waals surface area contributed by atoms with Crippen LogP contribution in [0.4, 0.5) is 0 Å². The van der Waals surface area contributed by atoms with Gasteiger partial charge in [0, 0.05) is 24.7 Å². The molecule has 1 heterocycles. The number of nitrogens with two attached hydrogens (primary N) is 1.